The lowest BCUT2D eigenvalue weighted by Gasteiger charge is -2.15. The van der Waals surface area contributed by atoms with E-state index in [1.54, 1.807) is 13.0 Å². The van der Waals surface area contributed by atoms with Crippen LogP contribution in [0.15, 0.2) is 42.5 Å². The van der Waals surface area contributed by atoms with Crippen LogP contribution in [-0.2, 0) is 4.79 Å². The first-order valence-electron chi connectivity index (χ1n) is 8.26. The molecule has 0 unspecified atom stereocenters. The van der Waals surface area contributed by atoms with Crippen molar-refractivity contribution < 1.29 is 28.4 Å². The van der Waals surface area contributed by atoms with Crippen molar-refractivity contribution in [3.8, 4) is 11.5 Å². The first-order valence-corrected chi connectivity index (χ1v) is 8.26. The topological polar surface area (TPSA) is 120 Å². The summed E-state index contributed by atoms with van der Waals surface area (Å²) < 4.78 is 23.9. The molecule has 9 nitrogen and oxygen atoms in total. The smallest absolute Gasteiger partial charge is 0.311 e. The lowest BCUT2D eigenvalue weighted by molar-refractivity contribution is -0.385. The van der Waals surface area contributed by atoms with Gasteiger partial charge in [0.15, 0.2) is 23.4 Å². The minimum Gasteiger partial charge on any atom is -0.487 e. The molecule has 10 heteroatoms. The van der Waals surface area contributed by atoms with Crippen molar-refractivity contribution in [3.63, 3.8) is 0 Å². The second-order valence-electron chi connectivity index (χ2n) is 5.51. The first-order chi connectivity index (χ1) is 13.3. The molecule has 0 aliphatic heterocycles. The molecule has 148 valence electrons. The molecular formula is C18H18FN3O6. The molecule has 2 aromatic rings. The molecule has 0 aromatic heterocycles. The second-order valence-corrected chi connectivity index (χ2v) is 5.51. The van der Waals surface area contributed by atoms with E-state index in [1.165, 1.54) is 37.3 Å². The Hall–Kier alpha value is -3.69. The summed E-state index contributed by atoms with van der Waals surface area (Å²) in [6.45, 7) is 3.27. The third kappa shape index (κ3) is 5.16. The fourth-order valence-electron chi connectivity index (χ4n) is 2.16. The van der Waals surface area contributed by atoms with Crippen molar-refractivity contribution in [1.82, 2.24) is 10.9 Å². The van der Waals surface area contributed by atoms with Gasteiger partial charge in [-0.1, -0.05) is 12.1 Å². The molecule has 2 N–H and O–H groups in total. The molecule has 0 aliphatic carbocycles. The van der Waals surface area contributed by atoms with E-state index in [1.807, 2.05) is 0 Å². The quantitative estimate of drug-likeness (QED) is 0.552. The van der Waals surface area contributed by atoms with E-state index >= 15 is 0 Å². The Balaban J connectivity index is 1.99. The highest BCUT2D eigenvalue weighted by atomic mass is 19.1. The van der Waals surface area contributed by atoms with Gasteiger partial charge in [-0.15, -0.1) is 0 Å². The largest absolute Gasteiger partial charge is 0.487 e. The van der Waals surface area contributed by atoms with Crippen molar-refractivity contribution in [1.29, 1.82) is 0 Å². The molecule has 2 rings (SSSR count). The van der Waals surface area contributed by atoms with Gasteiger partial charge in [-0.25, -0.2) is 4.39 Å². The number of ether oxygens (including phenoxy) is 2. The molecule has 0 saturated carbocycles. The lowest BCUT2D eigenvalue weighted by Crippen LogP contribution is -2.47. The minimum absolute atomic E-state index is 0.0278. The van der Waals surface area contributed by atoms with Gasteiger partial charge < -0.3 is 9.47 Å². The number of benzene rings is 2. The third-order valence-corrected chi connectivity index (χ3v) is 3.53. The number of nitro benzene ring substituents is 1. The predicted molar refractivity (Wildman–Crippen MR) is 96.4 cm³/mol. The molecule has 28 heavy (non-hydrogen) atoms. The summed E-state index contributed by atoms with van der Waals surface area (Å²) in [7, 11) is 0. The summed E-state index contributed by atoms with van der Waals surface area (Å²) >= 11 is 0. The molecular weight excluding hydrogens is 373 g/mol. The number of hydrazine groups is 1. The third-order valence-electron chi connectivity index (χ3n) is 3.53. The number of halogens is 1. The van der Waals surface area contributed by atoms with Crippen molar-refractivity contribution in [2.75, 3.05) is 6.61 Å². The van der Waals surface area contributed by atoms with E-state index in [2.05, 4.69) is 10.9 Å². The average Bonchev–Trinajstić information content (AvgIpc) is 2.67. The highest BCUT2D eigenvalue weighted by Gasteiger charge is 2.20. The minimum atomic E-state index is -1.10. The van der Waals surface area contributed by atoms with Gasteiger partial charge in [-0.2, -0.15) is 0 Å². The molecule has 0 fully saturated rings. The number of nitro groups is 1. The van der Waals surface area contributed by atoms with Crippen molar-refractivity contribution in [2.45, 2.75) is 20.0 Å². The molecule has 0 spiro atoms. The van der Waals surface area contributed by atoms with Crippen LogP contribution in [0.25, 0.3) is 0 Å². The molecule has 0 heterocycles. The Kier molecular flexibility index (Phi) is 6.85. The normalized spacial score (nSPS) is 11.2. The van der Waals surface area contributed by atoms with Gasteiger partial charge in [-0.3, -0.25) is 30.6 Å². The molecule has 0 aliphatic rings. The number of carbonyl (C=O) groups is 2. The molecule has 0 saturated heterocycles. The number of hydrogen-bond donors (Lipinski definition) is 2. The van der Waals surface area contributed by atoms with Crippen LogP contribution in [-0.4, -0.2) is 29.4 Å². The van der Waals surface area contributed by atoms with Crippen molar-refractivity contribution in [3.05, 3.63) is 64.0 Å². The summed E-state index contributed by atoms with van der Waals surface area (Å²) in [4.78, 5) is 34.6. The summed E-state index contributed by atoms with van der Waals surface area (Å²) in [6.07, 6.45) is -1.10. The fraction of sp³-hybridized carbons (Fsp3) is 0.222. The van der Waals surface area contributed by atoms with Gasteiger partial charge in [0.1, 0.15) is 0 Å². The van der Waals surface area contributed by atoms with E-state index in [-0.39, 0.29) is 29.4 Å². The highest BCUT2D eigenvalue weighted by Crippen LogP contribution is 2.27. The fourth-order valence-corrected chi connectivity index (χ4v) is 2.16. The number of amides is 2. The molecule has 1 atom stereocenters. The molecule has 0 radical (unpaired) electrons. The summed E-state index contributed by atoms with van der Waals surface area (Å²) in [5.74, 6) is -2.24. The molecule has 2 amide bonds. The zero-order valence-electron chi connectivity index (χ0n) is 15.1. The summed E-state index contributed by atoms with van der Waals surface area (Å²) in [5, 5.41) is 11.1. The molecule has 0 bridgehead atoms. The van der Waals surface area contributed by atoms with Gasteiger partial charge in [0, 0.05) is 11.6 Å². The van der Waals surface area contributed by atoms with E-state index in [0.29, 0.717) is 0 Å². The number of carbonyl (C=O) groups excluding carboxylic acids is 2. The zero-order valence-corrected chi connectivity index (χ0v) is 15.1. The molecule has 2 aromatic carbocycles. The Morgan fingerprint density at radius 2 is 1.89 bits per heavy atom. The predicted octanol–water partition coefficient (Wildman–Crippen LogP) is 2.36. The Morgan fingerprint density at radius 3 is 2.54 bits per heavy atom. The summed E-state index contributed by atoms with van der Waals surface area (Å²) in [5.41, 5.74) is 3.81. The zero-order chi connectivity index (χ0) is 20.7. The van der Waals surface area contributed by atoms with Crippen LogP contribution in [0, 0.1) is 15.9 Å². The second kappa shape index (κ2) is 9.31. The average molecular weight is 391 g/mol. The van der Waals surface area contributed by atoms with Crippen LogP contribution in [0.3, 0.4) is 0 Å². The maximum absolute atomic E-state index is 13.5. The number of rotatable bonds is 7. The SMILES string of the molecule is CCOc1ccc(C(=O)NNC(=O)[C@H](C)Oc2ccccc2F)cc1[N+](=O)[O-]. The lowest BCUT2D eigenvalue weighted by atomic mass is 10.2. The van der Waals surface area contributed by atoms with E-state index in [4.69, 9.17) is 9.47 Å². The van der Waals surface area contributed by atoms with Gasteiger partial charge in [0.2, 0.25) is 0 Å². The Morgan fingerprint density at radius 1 is 1.18 bits per heavy atom. The van der Waals surface area contributed by atoms with Gasteiger partial charge in [0.05, 0.1) is 11.5 Å². The Labute approximate surface area is 159 Å². The van der Waals surface area contributed by atoms with Crippen LogP contribution in [0.1, 0.15) is 24.2 Å². The maximum atomic E-state index is 13.5. The number of nitrogens with zero attached hydrogens (tertiary/aromatic N) is 1. The van der Waals surface area contributed by atoms with E-state index < -0.39 is 28.7 Å². The standard InChI is InChI=1S/C18H18FN3O6/c1-3-27-16-9-8-12(10-14(16)22(25)26)18(24)21-20-17(23)11(2)28-15-7-5-4-6-13(15)19/h4-11H,3H2,1-2H3,(H,20,23)(H,21,24)/t11-/m0/s1. The number of hydrogen-bond acceptors (Lipinski definition) is 6. The van der Waals surface area contributed by atoms with Crippen LogP contribution < -0.4 is 20.3 Å². The van der Waals surface area contributed by atoms with Crippen molar-refractivity contribution >= 4 is 17.5 Å². The van der Waals surface area contributed by atoms with E-state index in [0.717, 1.165) is 6.07 Å². The maximum Gasteiger partial charge on any atom is 0.311 e. The van der Waals surface area contributed by atoms with Gasteiger partial charge in [-0.05, 0) is 38.1 Å². The van der Waals surface area contributed by atoms with Crippen molar-refractivity contribution in [2.24, 2.45) is 0 Å². The van der Waals surface area contributed by atoms with Gasteiger partial charge >= 0.3 is 5.69 Å². The van der Waals surface area contributed by atoms with Gasteiger partial charge in [0.25, 0.3) is 11.8 Å². The Bertz CT molecular complexity index is 889. The van der Waals surface area contributed by atoms with Crippen LogP contribution in [0.5, 0.6) is 11.5 Å². The monoisotopic (exact) mass is 391 g/mol. The van der Waals surface area contributed by atoms with E-state index in [9.17, 15) is 24.1 Å². The first kappa shape index (κ1) is 20.6. The van der Waals surface area contributed by atoms with Crippen LogP contribution in [0.2, 0.25) is 0 Å². The summed E-state index contributed by atoms with van der Waals surface area (Å²) in [6, 6.07) is 9.21. The number of nitrogens with one attached hydrogen (secondary N) is 2. The number of para-hydroxylation sites is 1. The van der Waals surface area contributed by atoms with Crippen LogP contribution >= 0.6 is 0 Å². The van der Waals surface area contributed by atoms with Crippen LogP contribution in [0.4, 0.5) is 10.1 Å². The highest BCUT2D eigenvalue weighted by molar-refractivity contribution is 5.96.